The molecule has 0 unspecified atom stereocenters. The van der Waals surface area contributed by atoms with Gasteiger partial charge < -0.3 is 20.1 Å². The Balaban J connectivity index is 2.00. The van der Waals surface area contributed by atoms with Gasteiger partial charge in [-0.3, -0.25) is 10.1 Å². The van der Waals surface area contributed by atoms with E-state index in [4.69, 9.17) is 20.1 Å². The van der Waals surface area contributed by atoms with Crippen LogP contribution in [0.3, 0.4) is 0 Å². The molecule has 1 aromatic carbocycles. The molecule has 3 aromatic rings. The largest absolute Gasteiger partial charge is 0.474 e. The highest BCUT2D eigenvalue weighted by Gasteiger charge is 2.23. The number of rotatable bonds is 6. The number of aromatic nitrogens is 4. The van der Waals surface area contributed by atoms with E-state index in [1.54, 1.807) is 13.1 Å². The molecular formula is C14H14N6O5. The molecule has 0 spiro atoms. The number of nitrogen functional groups attached to an aromatic ring is 1. The van der Waals surface area contributed by atoms with Crippen molar-refractivity contribution in [3.63, 3.8) is 0 Å². The van der Waals surface area contributed by atoms with Gasteiger partial charge in [-0.25, -0.2) is 4.68 Å². The molecule has 2 heterocycles. The van der Waals surface area contributed by atoms with Gasteiger partial charge in [0, 0.05) is 24.7 Å². The third kappa shape index (κ3) is 3.12. The normalized spacial score (nSPS) is 10.8. The van der Waals surface area contributed by atoms with Crippen LogP contribution in [0, 0.1) is 10.1 Å². The van der Waals surface area contributed by atoms with Gasteiger partial charge in [0.1, 0.15) is 18.0 Å². The van der Waals surface area contributed by atoms with Crippen molar-refractivity contribution in [3.05, 3.63) is 34.4 Å². The minimum Gasteiger partial charge on any atom is -0.474 e. The van der Waals surface area contributed by atoms with Gasteiger partial charge in [0.25, 0.3) is 11.6 Å². The number of ether oxygens (including phenoxy) is 1. The van der Waals surface area contributed by atoms with Crippen molar-refractivity contribution >= 4 is 11.5 Å². The van der Waals surface area contributed by atoms with Crippen molar-refractivity contribution in [2.75, 3.05) is 18.9 Å². The third-order valence-corrected chi connectivity index (χ3v) is 3.34. The first-order valence-electron chi connectivity index (χ1n) is 7.16. The van der Waals surface area contributed by atoms with Gasteiger partial charge in [-0.2, -0.15) is 4.98 Å². The molecule has 0 radical (unpaired) electrons. The fourth-order valence-electron chi connectivity index (χ4n) is 2.16. The van der Waals surface area contributed by atoms with Crippen LogP contribution in [0.25, 0.3) is 22.8 Å². The van der Waals surface area contributed by atoms with Gasteiger partial charge in [0.05, 0.1) is 11.5 Å². The van der Waals surface area contributed by atoms with Gasteiger partial charge in [0.15, 0.2) is 0 Å². The smallest absolute Gasteiger partial charge is 0.270 e. The Hall–Kier alpha value is -3.47. The van der Waals surface area contributed by atoms with Crippen molar-refractivity contribution in [2.24, 2.45) is 7.05 Å². The zero-order chi connectivity index (χ0) is 18.0. The van der Waals surface area contributed by atoms with Crippen LogP contribution in [0.15, 0.2) is 28.8 Å². The predicted octanol–water partition coefficient (Wildman–Crippen LogP) is 0.999. The molecule has 0 saturated heterocycles. The Labute approximate surface area is 140 Å². The Morgan fingerprint density at radius 2 is 2.28 bits per heavy atom. The fourth-order valence-corrected chi connectivity index (χ4v) is 2.16. The number of hydrogen-bond acceptors (Lipinski definition) is 9. The summed E-state index contributed by atoms with van der Waals surface area (Å²) in [5, 5.41) is 27.7. The van der Waals surface area contributed by atoms with Crippen molar-refractivity contribution < 1.29 is 19.3 Å². The number of benzene rings is 1. The predicted molar refractivity (Wildman–Crippen MR) is 85.6 cm³/mol. The topological polar surface area (TPSA) is 155 Å². The number of nitrogens with two attached hydrogens (primary N) is 1. The van der Waals surface area contributed by atoms with E-state index in [0.717, 1.165) is 0 Å². The maximum Gasteiger partial charge on any atom is 0.270 e. The lowest BCUT2D eigenvalue weighted by molar-refractivity contribution is -0.384. The van der Waals surface area contributed by atoms with Gasteiger partial charge in [-0.05, 0) is 0 Å². The summed E-state index contributed by atoms with van der Waals surface area (Å²) in [4.78, 5) is 14.6. The number of anilines is 1. The van der Waals surface area contributed by atoms with Crippen LogP contribution in [0.5, 0.6) is 5.88 Å². The zero-order valence-corrected chi connectivity index (χ0v) is 13.1. The summed E-state index contributed by atoms with van der Waals surface area (Å²) in [6, 6.07) is 5.85. The molecule has 0 aliphatic carbocycles. The maximum atomic E-state index is 10.9. The summed E-state index contributed by atoms with van der Waals surface area (Å²) in [6.07, 6.45) is 0. The second-order valence-corrected chi connectivity index (χ2v) is 4.99. The summed E-state index contributed by atoms with van der Waals surface area (Å²) in [6.45, 7) is -0.173. The lowest BCUT2D eigenvalue weighted by Gasteiger charge is -2.00. The fraction of sp³-hybridized carbons (Fsp3) is 0.214. The van der Waals surface area contributed by atoms with Crippen LogP contribution in [-0.4, -0.2) is 43.2 Å². The lowest BCUT2D eigenvalue weighted by atomic mass is 10.2. The Bertz CT molecular complexity index is 918. The summed E-state index contributed by atoms with van der Waals surface area (Å²) >= 11 is 0. The molecule has 0 fully saturated rings. The molecule has 0 aliphatic heterocycles. The molecule has 25 heavy (non-hydrogen) atoms. The minimum atomic E-state index is -0.509. The first kappa shape index (κ1) is 16.4. The van der Waals surface area contributed by atoms with Gasteiger partial charge in [0.2, 0.25) is 11.7 Å². The molecule has 2 aromatic heterocycles. The summed E-state index contributed by atoms with van der Waals surface area (Å²) < 4.78 is 11.9. The first-order chi connectivity index (χ1) is 12.0. The van der Waals surface area contributed by atoms with E-state index in [2.05, 4.69) is 15.2 Å². The molecular weight excluding hydrogens is 332 g/mol. The Kier molecular flexibility index (Phi) is 4.31. The molecule has 0 saturated carbocycles. The van der Waals surface area contributed by atoms with Gasteiger partial charge >= 0.3 is 0 Å². The molecule has 0 amide bonds. The number of hydrogen-bond donors (Lipinski definition) is 2. The highest BCUT2D eigenvalue weighted by molar-refractivity contribution is 5.74. The first-order valence-corrected chi connectivity index (χ1v) is 7.16. The van der Waals surface area contributed by atoms with Crippen LogP contribution < -0.4 is 10.5 Å². The van der Waals surface area contributed by atoms with Crippen LogP contribution >= 0.6 is 0 Å². The van der Waals surface area contributed by atoms with E-state index >= 15 is 0 Å². The second-order valence-electron chi connectivity index (χ2n) is 4.99. The average Bonchev–Trinajstić information content (AvgIpc) is 3.18. The molecule has 0 aliphatic rings. The summed E-state index contributed by atoms with van der Waals surface area (Å²) in [5.41, 5.74) is 6.59. The standard InChI is InChI=1S/C14H14N6O5/c1-19-11(15)10(14(17-19)24-6-5-21)13-16-12(18-25-13)8-3-2-4-9(7-8)20(22)23/h2-4,7,21H,5-6,15H2,1H3. The maximum absolute atomic E-state index is 10.9. The molecule has 11 heteroatoms. The minimum absolute atomic E-state index is 0.0231. The van der Waals surface area contributed by atoms with E-state index in [9.17, 15) is 10.1 Å². The van der Waals surface area contributed by atoms with Crippen LogP contribution in [0.1, 0.15) is 0 Å². The Morgan fingerprint density at radius 1 is 1.48 bits per heavy atom. The Morgan fingerprint density at radius 3 is 3.00 bits per heavy atom. The van der Waals surface area contributed by atoms with Crippen LogP contribution in [-0.2, 0) is 7.05 Å². The molecule has 0 bridgehead atoms. The van der Waals surface area contributed by atoms with Crippen molar-refractivity contribution in [3.8, 4) is 28.7 Å². The van der Waals surface area contributed by atoms with Crippen LogP contribution in [0.2, 0.25) is 0 Å². The van der Waals surface area contributed by atoms with Gasteiger partial charge in [-0.15, -0.1) is 5.10 Å². The molecule has 130 valence electrons. The monoisotopic (exact) mass is 346 g/mol. The number of aliphatic hydroxyl groups is 1. The molecule has 11 nitrogen and oxygen atoms in total. The lowest BCUT2D eigenvalue weighted by Crippen LogP contribution is -2.03. The van der Waals surface area contributed by atoms with E-state index in [0.29, 0.717) is 11.1 Å². The number of nitro benzene ring substituents is 1. The van der Waals surface area contributed by atoms with Crippen molar-refractivity contribution in [1.82, 2.24) is 19.9 Å². The number of nitrogens with zero attached hydrogens (tertiary/aromatic N) is 5. The summed E-state index contributed by atoms with van der Waals surface area (Å²) in [5.74, 6) is 0.598. The quantitative estimate of drug-likeness (QED) is 0.491. The van der Waals surface area contributed by atoms with Crippen LogP contribution in [0.4, 0.5) is 11.5 Å². The number of nitro groups is 1. The zero-order valence-electron chi connectivity index (χ0n) is 13.1. The third-order valence-electron chi connectivity index (χ3n) is 3.34. The average molecular weight is 346 g/mol. The molecule has 3 rings (SSSR count). The van der Waals surface area contributed by atoms with E-state index in [1.807, 2.05) is 0 Å². The van der Waals surface area contributed by atoms with E-state index in [-0.39, 0.29) is 42.3 Å². The van der Waals surface area contributed by atoms with Crippen molar-refractivity contribution in [1.29, 1.82) is 0 Å². The number of aliphatic hydroxyl groups excluding tert-OH is 1. The van der Waals surface area contributed by atoms with Gasteiger partial charge in [-0.1, -0.05) is 17.3 Å². The second kappa shape index (κ2) is 6.57. The number of non-ortho nitro benzene ring substituents is 1. The highest BCUT2D eigenvalue weighted by Crippen LogP contribution is 2.34. The SMILES string of the molecule is Cn1nc(OCCO)c(-c2nc(-c3cccc([N+](=O)[O-])c3)no2)c1N. The number of aryl methyl sites for hydroxylation is 1. The summed E-state index contributed by atoms with van der Waals surface area (Å²) in [7, 11) is 1.61. The van der Waals surface area contributed by atoms with E-state index < -0.39 is 4.92 Å². The van der Waals surface area contributed by atoms with E-state index in [1.165, 1.54) is 22.9 Å². The highest BCUT2D eigenvalue weighted by atomic mass is 16.6. The molecule has 0 atom stereocenters. The molecule has 3 N–H and O–H groups in total. The van der Waals surface area contributed by atoms with Crippen molar-refractivity contribution in [2.45, 2.75) is 0 Å².